The molecule has 19 heavy (non-hydrogen) atoms. The summed E-state index contributed by atoms with van der Waals surface area (Å²) in [5.74, 6) is 0. The van der Waals surface area contributed by atoms with Crippen LogP contribution < -0.4 is 0 Å². The maximum atomic E-state index is 10.4. The number of nitrogens with zero attached hydrogens (tertiary/aromatic N) is 3. The zero-order chi connectivity index (χ0) is 13.7. The second kappa shape index (κ2) is 6.11. The molecule has 2 rings (SSSR count). The molecule has 1 N–H and O–H groups in total. The van der Waals surface area contributed by atoms with Crippen LogP contribution >= 0.6 is 0 Å². The predicted molar refractivity (Wildman–Crippen MR) is 70.3 cm³/mol. The lowest BCUT2D eigenvalue weighted by Gasteiger charge is -2.35. The van der Waals surface area contributed by atoms with Crippen LogP contribution in [0.4, 0.5) is 0 Å². The van der Waals surface area contributed by atoms with Gasteiger partial charge in [-0.3, -0.25) is 4.90 Å². The van der Waals surface area contributed by atoms with Gasteiger partial charge in [-0.15, -0.1) is 0 Å². The Kier molecular flexibility index (Phi) is 4.48. The smallest absolute Gasteiger partial charge is 0.140 e. The molecule has 0 atom stereocenters. The summed E-state index contributed by atoms with van der Waals surface area (Å²) in [6.45, 7) is 2.55. The zero-order valence-electron chi connectivity index (χ0n) is 11.2. The standard InChI is InChI=1S/C14H19N3O2/c1-17(11-14(18)3-6-19-7-4-14)10-12-2-5-16-13(8-12)9-15/h2,5,8,18H,3-4,6-7,10-11H2,1H3. The maximum absolute atomic E-state index is 10.4. The van der Waals surface area contributed by atoms with Gasteiger partial charge in [-0.2, -0.15) is 5.26 Å². The van der Waals surface area contributed by atoms with E-state index in [4.69, 9.17) is 10.00 Å². The van der Waals surface area contributed by atoms with Crippen LogP contribution in [0.2, 0.25) is 0 Å². The lowest BCUT2D eigenvalue weighted by molar-refractivity contribution is -0.0777. The Hall–Kier alpha value is -1.48. The Morgan fingerprint density at radius 2 is 2.26 bits per heavy atom. The first kappa shape index (κ1) is 13.9. The fraction of sp³-hybridized carbons (Fsp3) is 0.571. The highest BCUT2D eigenvalue weighted by Gasteiger charge is 2.30. The van der Waals surface area contributed by atoms with Gasteiger partial charge in [0.2, 0.25) is 0 Å². The minimum Gasteiger partial charge on any atom is -0.388 e. The summed E-state index contributed by atoms with van der Waals surface area (Å²) in [4.78, 5) is 6.02. The van der Waals surface area contributed by atoms with Crippen molar-refractivity contribution in [2.75, 3.05) is 26.8 Å². The largest absolute Gasteiger partial charge is 0.388 e. The molecule has 1 fully saturated rings. The number of likely N-dealkylation sites (N-methyl/N-ethyl adjacent to an activating group) is 1. The first-order valence-corrected chi connectivity index (χ1v) is 6.45. The molecule has 0 unspecified atom stereocenters. The van der Waals surface area contributed by atoms with Crippen molar-refractivity contribution in [2.24, 2.45) is 0 Å². The number of aliphatic hydroxyl groups is 1. The van der Waals surface area contributed by atoms with Crippen LogP contribution in [-0.4, -0.2) is 47.4 Å². The summed E-state index contributed by atoms with van der Waals surface area (Å²) in [5, 5.41) is 19.3. The normalized spacial score (nSPS) is 18.2. The minimum absolute atomic E-state index is 0.427. The van der Waals surface area contributed by atoms with E-state index in [1.807, 2.05) is 19.2 Å². The van der Waals surface area contributed by atoms with Gasteiger partial charge in [0, 0.05) is 45.3 Å². The SMILES string of the molecule is CN(Cc1ccnc(C#N)c1)CC1(O)CCOCC1. The molecule has 1 aromatic heterocycles. The van der Waals surface area contributed by atoms with E-state index in [0.717, 1.165) is 5.56 Å². The van der Waals surface area contributed by atoms with Crippen molar-refractivity contribution in [2.45, 2.75) is 25.0 Å². The topological polar surface area (TPSA) is 69.4 Å². The fourth-order valence-corrected chi connectivity index (χ4v) is 2.41. The van der Waals surface area contributed by atoms with Gasteiger partial charge >= 0.3 is 0 Å². The van der Waals surface area contributed by atoms with Gasteiger partial charge in [0.15, 0.2) is 0 Å². The first-order valence-electron chi connectivity index (χ1n) is 6.45. The van der Waals surface area contributed by atoms with E-state index in [-0.39, 0.29) is 0 Å². The number of hydrogen-bond donors (Lipinski definition) is 1. The van der Waals surface area contributed by atoms with Crippen molar-refractivity contribution in [1.29, 1.82) is 5.26 Å². The van der Waals surface area contributed by atoms with Crippen LogP contribution in [0.1, 0.15) is 24.1 Å². The van der Waals surface area contributed by atoms with E-state index < -0.39 is 5.60 Å². The van der Waals surface area contributed by atoms with E-state index >= 15 is 0 Å². The highest BCUT2D eigenvalue weighted by molar-refractivity contribution is 5.25. The Bertz CT molecular complexity index is 464. The van der Waals surface area contributed by atoms with Crippen molar-refractivity contribution in [3.05, 3.63) is 29.6 Å². The lowest BCUT2D eigenvalue weighted by atomic mass is 9.94. The molecular weight excluding hydrogens is 242 g/mol. The Morgan fingerprint density at radius 3 is 2.95 bits per heavy atom. The predicted octanol–water partition coefficient (Wildman–Crippen LogP) is 0.927. The van der Waals surface area contributed by atoms with Crippen LogP contribution in [0.25, 0.3) is 0 Å². The molecule has 0 radical (unpaired) electrons. The second-order valence-electron chi connectivity index (χ2n) is 5.17. The van der Waals surface area contributed by atoms with Crippen molar-refractivity contribution < 1.29 is 9.84 Å². The van der Waals surface area contributed by atoms with Crippen molar-refractivity contribution >= 4 is 0 Å². The van der Waals surface area contributed by atoms with Crippen LogP contribution in [0.5, 0.6) is 0 Å². The number of aromatic nitrogens is 1. The number of rotatable bonds is 4. The monoisotopic (exact) mass is 261 g/mol. The Labute approximate surface area is 113 Å². The lowest BCUT2D eigenvalue weighted by Crippen LogP contribution is -2.45. The summed E-state index contributed by atoms with van der Waals surface area (Å²) in [6, 6.07) is 5.71. The molecule has 1 aliphatic heterocycles. The summed E-state index contributed by atoms with van der Waals surface area (Å²) in [5.41, 5.74) is 0.804. The Morgan fingerprint density at radius 1 is 1.53 bits per heavy atom. The summed E-state index contributed by atoms with van der Waals surface area (Å²) in [7, 11) is 1.97. The summed E-state index contributed by atoms with van der Waals surface area (Å²) >= 11 is 0. The van der Waals surface area contributed by atoms with Gasteiger partial charge in [0.05, 0.1) is 5.60 Å². The number of pyridine rings is 1. The summed E-state index contributed by atoms with van der Waals surface area (Å²) < 4.78 is 5.27. The van der Waals surface area contributed by atoms with E-state index in [2.05, 4.69) is 9.88 Å². The van der Waals surface area contributed by atoms with Gasteiger partial charge < -0.3 is 9.84 Å². The van der Waals surface area contributed by atoms with E-state index in [9.17, 15) is 5.11 Å². The Balaban J connectivity index is 1.93. The average molecular weight is 261 g/mol. The van der Waals surface area contributed by atoms with Crippen LogP contribution in [-0.2, 0) is 11.3 Å². The maximum Gasteiger partial charge on any atom is 0.140 e. The van der Waals surface area contributed by atoms with Gasteiger partial charge in [0.25, 0.3) is 0 Å². The third kappa shape index (κ3) is 4.00. The molecular formula is C14H19N3O2. The average Bonchev–Trinajstić information content (AvgIpc) is 2.39. The molecule has 5 nitrogen and oxygen atoms in total. The van der Waals surface area contributed by atoms with Crippen molar-refractivity contribution in [1.82, 2.24) is 9.88 Å². The molecule has 102 valence electrons. The molecule has 0 amide bonds. The van der Waals surface area contributed by atoms with Crippen LogP contribution in [0, 0.1) is 11.3 Å². The van der Waals surface area contributed by atoms with Gasteiger partial charge in [-0.05, 0) is 24.7 Å². The fourth-order valence-electron chi connectivity index (χ4n) is 2.41. The molecule has 1 aromatic rings. The van der Waals surface area contributed by atoms with Crippen molar-refractivity contribution in [3.8, 4) is 6.07 Å². The van der Waals surface area contributed by atoms with Crippen LogP contribution in [0.15, 0.2) is 18.3 Å². The number of nitriles is 1. The molecule has 2 heterocycles. The van der Waals surface area contributed by atoms with E-state index in [0.29, 0.717) is 44.8 Å². The van der Waals surface area contributed by atoms with E-state index in [1.54, 1.807) is 12.3 Å². The molecule has 0 aliphatic carbocycles. The molecule has 0 aromatic carbocycles. The highest BCUT2D eigenvalue weighted by Crippen LogP contribution is 2.21. The second-order valence-corrected chi connectivity index (χ2v) is 5.17. The number of ether oxygens (including phenoxy) is 1. The van der Waals surface area contributed by atoms with Gasteiger partial charge in [-0.25, -0.2) is 4.98 Å². The molecule has 5 heteroatoms. The highest BCUT2D eigenvalue weighted by atomic mass is 16.5. The minimum atomic E-state index is -0.655. The zero-order valence-corrected chi connectivity index (χ0v) is 11.2. The van der Waals surface area contributed by atoms with E-state index in [1.165, 1.54) is 0 Å². The summed E-state index contributed by atoms with van der Waals surface area (Å²) in [6.07, 6.45) is 3.00. The van der Waals surface area contributed by atoms with Gasteiger partial charge in [0.1, 0.15) is 11.8 Å². The third-order valence-corrected chi connectivity index (χ3v) is 3.38. The van der Waals surface area contributed by atoms with Gasteiger partial charge in [-0.1, -0.05) is 0 Å². The molecule has 1 saturated heterocycles. The molecule has 1 aliphatic rings. The molecule has 0 spiro atoms. The van der Waals surface area contributed by atoms with Crippen LogP contribution in [0.3, 0.4) is 0 Å². The quantitative estimate of drug-likeness (QED) is 0.873. The van der Waals surface area contributed by atoms with Crippen molar-refractivity contribution in [3.63, 3.8) is 0 Å². The molecule has 0 saturated carbocycles. The third-order valence-electron chi connectivity index (χ3n) is 3.38. The molecule has 0 bridgehead atoms. The number of hydrogen-bond acceptors (Lipinski definition) is 5. The first-order chi connectivity index (χ1) is 9.11.